The second-order valence-corrected chi connectivity index (χ2v) is 5.96. The normalized spacial score (nSPS) is 10.3. The maximum absolute atomic E-state index is 5.68. The fourth-order valence-electron chi connectivity index (χ4n) is 1.59. The zero-order valence-corrected chi connectivity index (χ0v) is 14.0. The van der Waals surface area contributed by atoms with Gasteiger partial charge in [-0.1, -0.05) is 15.9 Å². The average molecular weight is 401 g/mol. The number of hydrogen-bond donors (Lipinski definition) is 1. The maximum Gasteiger partial charge on any atom is 0.133 e. The highest BCUT2D eigenvalue weighted by atomic mass is 79.9. The molecule has 3 nitrogen and oxygen atoms in total. The molecule has 0 amide bonds. The molecular formula is C15H15Br2NO2. The van der Waals surface area contributed by atoms with Gasteiger partial charge in [-0.3, -0.25) is 0 Å². The lowest BCUT2D eigenvalue weighted by Gasteiger charge is -2.09. The summed E-state index contributed by atoms with van der Waals surface area (Å²) in [4.78, 5) is 0. The van der Waals surface area contributed by atoms with Crippen molar-refractivity contribution in [3.63, 3.8) is 0 Å². The zero-order valence-electron chi connectivity index (χ0n) is 10.8. The summed E-state index contributed by atoms with van der Waals surface area (Å²) in [5.74, 6) is 1.66. The number of rotatable bonds is 6. The van der Waals surface area contributed by atoms with Gasteiger partial charge in [0.1, 0.15) is 11.5 Å². The fourth-order valence-corrected chi connectivity index (χ4v) is 2.75. The van der Waals surface area contributed by atoms with Crippen molar-refractivity contribution in [3.05, 3.63) is 51.4 Å². The SMILES string of the molecule is Nc1ccc(OCCCOc2ccc(Br)cc2Br)cc1. The van der Waals surface area contributed by atoms with Crippen molar-refractivity contribution >= 4 is 37.5 Å². The number of nitrogens with two attached hydrogens (primary N) is 1. The molecule has 0 aliphatic heterocycles. The van der Waals surface area contributed by atoms with E-state index < -0.39 is 0 Å². The van der Waals surface area contributed by atoms with E-state index in [0.717, 1.165) is 32.6 Å². The molecule has 0 fully saturated rings. The second-order valence-electron chi connectivity index (χ2n) is 4.19. The molecule has 0 spiro atoms. The van der Waals surface area contributed by atoms with E-state index >= 15 is 0 Å². The van der Waals surface area contributed by atoms with Crippen LogP contribution in [0.3, 0.4) is 0 Å². The summed E-state index contributed by atoms with van der Waals surface area (Å²) in [6.45, 7) is 1.22. The van der Waals surface area contributed by atoms with Gasteiger partial charge in [0, 0.05) is 16.6 Å². The third-order valence-corrected chi connectivity index (χ3v) is 3.70. The standard InChI is InChI=1S/C15H15Br2NO2/c16-11-2-7-15(14(17)10-11)20-9-1-8-19-13-5-3-12(18)4-6-13/h2-7,10H,1,8-9,18H2. The number of benzene rings is 2. The van der Waals surface area contributed by atoms with Gasteiger partial charge in [0.05, 0.1) is 17.7 Å². The molecule has 0 radical (unpaired) electrons. The molecule has 2 N–H and O–H groups in total. The monoisotopic (exact) mass is 399 g/mol. The fraction of sp³-hybridized carbons (Fsp3) is 0.200. The van der Waals surface area contributed by atoms with Gasteiger partial charge < -0.3 is 15.2 Å². The Morgan fingerprint density at radius 2 is 1.60 bits per heavy atom. The summed E-state index contributed by atoms with van der Waals surface area (Å²) >= 11 is 6.87. The van der Waals surface area contributed by atoms with Crippen molar-refractivity contribution in [1.82, 2.24) is 0 Å². The molecule has 0 aromatic heterocycles. The lowest BCUT2D eigenvalue weighted by atomic mass is 10.3. The van der Waals surface area contributed by atoms with Crippen molar-refractivity contribution < 1.29 is 9.47 Å². The molecule has 0 aliphatic carbocycles. The molecule has 106 valence electrons. The van der Waals surface area contributed by atoms with Gasteiger partial charge in [0.25, 0.3) is 0 Å². The number of anilines is 1. The first-order chi connectivity index (χ1) is 9.65. The van der Waals surface area contributed by atoms with E-state index in [9.17, 15) is 0 Å². The van der Waals surface area contributed by atoms with Crippen molar-refractivity contribution in [2.45, 2.75) is 6.42 Å². The van der Waals surface area contributed by atoms with Crippen LogP contribution in [0.1, 0.15) is 6.42 Å². The second kappa shape index (κ2) is 7.55. The van der Waals surface area contributed by atoms with Crippen molar-refractivity contribution in [3.8, 4) is 11.5 Å². The van der Waals surface area contributed by atoms with Gasteiger partial charge >= 0.3 is 0 Å². The summed E-state index contributed by atoms with van der Waals surface area (Å²) in [6.07, 6.45) is 0.812. The first-order valence-electron chi connectivity index (χ1n) is 6.21. The minimum atomic E-state index is 0.606. The number of halogens is 2. The van der Waals surface area contributed by atoms with E-state index in [1.54, 1.807) is 0 Å². The molecule has 0 aliphatic rings. The highest BCUT2D eigenvalue weighted by Gasteiger charge is 2.01. The molecule has 5 heteroatoms. The lowest BCUT2D eigenvalue weighted by molar-refractivity contribution is 0.246. The number of nitrogen functional groups attached to an aromatic ring is 1. The molecule has 20 heavy (non-hydrogen) atoms. The van der Waals surface area contributed by atoms with Crippen molar-refractivity contribution in [2.24, 2.45) is 0 Å². The first-order valence-corrected chi connectivity index (χ1v) is 7.80. The van der Waals surface area contributed by atoms with E-state index in [2.05, 4.69) is 31.9 Å². The minimum absolute atomic E-state index is 0.606. The molecule has 0 saturated heterocycles. The van der Waals surface area contributed by atoms with Gasteiger partial charge in [-0.15, -0.1) is 0 Å². The largest absolute Gasteiger partial charge is 0.493 e. The Balaban J connectivity index is 1.70. The Morgan fingerprint density at radius 1 is 0.900 bits per heavy atom. The van der Waals surface area contributed by atoms with Crippen molar-refractivity contribution in [2.75, 3.05) is 18.9 Å². The Morgan fingerprint density at radius 3 is 2.30 bits per heavy atom. The molecule has 2 rings (SSSR count). The van der Waals surface area contributed by atoms with Gasteiger partial charge in [0.2, 0.25) is 0 Å². The third kappa shape index (κ3) is 4.72. The number of ether oxygens (including phenoxy) is 2. The zero-order chi connectivity index (χ0) is 14.4. The summed E-state index contributed by atoms with van der Waals surface area (Å²) in [5, 5.41) is 0. The van der Waals surface area contributed by atoms with E-state index in [1.807, 2.05) is 42.5 Å². The predicted molar refractivity (Wildman–Crippen MR) is 88.3 cm³/mol. The lowest BCUT2D eigenvalue weighted by Crippen LogP contribution is -2.05. The van der Waals surface area contributed by atoms with Gasteiger partial charge in [-0.05, 0) is 58.4 Å². The van der Waals surface area contributed by atoms with Crippen LogP contribution in [0, 0.1) is 0 Å². The first kappa shape index (κ1) is 15.2. The topological polar surface area (TPSA) is 44.5 Å². The molecule has 2 aromatic carbocycles. The van der Waals surface area contributed by atoms with E-state index in [0.29, 0.717) is 13.2 Å². The summed E-state index contributed by atoms with van der Waals surface area (Å²) < 4.78 is 13.2. The van der Waals surface area contributed by atoms with E-state index in [4.69, 9.17) is 15.2 Å². The predicted octanol–water partition coefficient (Wildman–Crippen LogP) is 4.64. The van der Waals surface area contributed by atoms with Crippen LogP contribution >= 0.6 is 31.9 Å². The summed E-state index contributed by atoms with van der Waals surface area (Å²) in [6, 6.07) is 13.2. The molecule has 0 bridgehead atoms. The van der Waals surface area contributed by atoms with Crippen LogP contribution in [0.5, 0.6) is 11.5 Å². The Labute approximate surface area is 135 Å². The average Bonchev–Trinajstić information content (AvgIpc) is 2.42. The van der Waals surface area contributed by atoms with Crippen LogP contribution in [-0.4, -0.2) is 13.2 Å². The molecule has 0 unspecified atom stereocenters. The smallest absolute Gasteiger partial charge is 0.133 e. The Bertz CT molecular complexity index is 558. The van der Waals surface area contributed by atoms with Crippen LogP contribution in [0.25, 0.3) is 0 Å². The van der Waals surface area contributed by atoms with Crippen LogP contribution in [0.4, 0.5) is 5.69 Å². The highest BCUT2D eigenvalue weighted by molar-refractivity contribution is 9.11. The summed E-state index contributed by atoms with van der Waals surface area (Å²) in [5.41, 5.74) is 6.35. The Hall–Kier alpha value is -1.20. The van der Waals surface area contributed by atoms with Crippen LogP contribution in [-0.2, 0) is 0 Å². The molecule has 0 atom stereocenters. The number of hydrogen-bond acceptors (Lipinski definition) is 3. The maximum atomic E-state index is 5.68. The van der Waals surface area contributed by atoms with Crippen LogP contribution in [0.15, 0.2) is 51.4 Å². The molecule has 2 aromatic rings. The Kier molecular flexibility index (Phi) is 5.73. The van der Waals surface area contributed by atoms with E-state index in [-0.39, 0.29) is 0 Å². The van der Waals surface area contributed by atoms with Crippen molar-refractivity contribution in [1.29, 1.82) is 0 Å². The van der Waals surface area contributed by atoms with E-state index in [1.165, 1.54) is 0 Å². The quantitative estimate of drug-likeness (QED) is 0.567. The van der Waals surface area contributed by atoms with Crippen LogP contribution in [0.2, 0.25) is 0 Å². The summed E-state index contributed by atoms with van der Waals surface area (Å²) in [7, 11) is 0. The van der Waals surface area contributed by atoms with Crippen LogP contribution < -0.4 is 15.2 Å². The van der Waals surface area contributed by atoms with Gasteiger partial charge in [-0.2, -0.15) is 0 Å². The van der Waals surface area contributed by atoms with Gasteiger partial charge in [0.15, 0.2) is 0 Å². The molecule has 0 heterocycles. The molecular weight excluding hydrogens is 386 g/mol. The third-order valence-electron chi connectivity index (χ3n) is 2.59. The molecule has 0 saturated carbocycles. The van der Waals surface area contributed by atoms with Gasteiger partial charge in [-0.25, -0.2) is 0 Å². The highest BCUT2D eigenvalue weighted by Crippen LogP contribution is 2.28. The minimum Gasteiger partial charge on any atom is -0.493 e.